The van der Waals surface area contributed by atoms with Gasteiger partial charge in [-0.05, 0) is 53.6 Å². The van der Waals surface area contributed by atoms with Crippen molar-refractivity contribution < 1.29 is 13.2 Å². The molecule has 0 unspecified atom stereocenters. The van der Waals surface area contributed by atoms with E-state index in [-0.39, 0.29) is 15.4 Å². The molecule has 0 aliphatic carbocycles. The molecule has 0 heterocycles. The van der Waals surface area contributed by atoms with E-state index in [4.69, 9.17) is 23.2 Å². The quantitative estimate of drug-likeness (QED) is 0.787. The Morgan fingerprint density at radius 1 is 0.810 bits per heavy atom. The largest absolute Gasteiger partial charge is 0.276 e. The van der Waals surface area contributed by atoms with Crippen LogP contribution in [-0.4, -0.2) is 13.7 Å². The molecule has 2 rings (SSSR count). The van der Waals surface area contributed by atoms with Gasteiger partial charge in [0.1, 0.15) is 0 Å². The second-order valence-electron chi connectivity index (χ2n) is 4.23. The van der Waals surface area contributed by atoms with E-state index in [0.29, 0.717) is 10.6 Å². The molecule has 0 aliphatic heterocycles. The molecule has 0 aromatic heterocycles. The van der Waals surface area contributed by atoms with Crippen LogP contribution in [0.3, 0.4) is 0 Å². The Balaban J connectivity index is 2.41. The second-order valence-corrected chi connectivity index (χ2v) is 6.98. The number of halogens is 2. The summed E-state index contributed by atoms with van der Waals surface area (Å²) in [4.78, 5) is 11.2. The van der Waals surface area contributed by atoms with Crippen molar-refractivity contribution in [3.8, 4) is 0 Å². The molecule has 0 atom stereocenters. The van der Waals surface area contributed by atoms with Gasteiger partial charge in [-0.25, -0.2) is 8.42 Å². The Hall–Kier alpha value is -1.62. The Morgan fingerprint density at radius 3 is 1.52 bits per heavy atom. The number of benzene rings is 2. The van der Waals surface area contributed by atoms with Gasteiger partial charge in [-0.2, -0.15) is 0 Å². The van der Waals surface area contributed by atoms with Gasteiger partial charge in [0.2, 0.25) is 9.84 Å². The van der Waals surface area contributed by atoms with Crippen molar-refractivity contribution in [1.82, 2.24) is 0 Å². The second kappa shape index (κ2) is 6.02. The van der Waals surface area contributed by atoms with E-state index in [1.807, 2.05) is 0 Å². The van der Waals surface area contributed by atoms with E-state index < -0.39 is 15.1 Å². The first-order valence-electron chi connectivity index (χ1n) is 5.82. The van der Waals surface area contributed by atoms with E-state index in [1.54, 1.807) is 12.1 Å². The van der Waals surface area contributed by atoms with Crippen molar-refractivity contribution in [1.29, 1.82) is 0 Å². The molecule has 0 saturated heterocycles. The minimum atomic E-state index is -3.65. The third-order valence-electron chi connectivity index (χ3n) is 2.87. The van der Waals surface area contributed by atoms with E-state index in [1.165, 1.54) is 36.4 Å². The van der Waals surface area contributed by atoms with Crippen molar-refractivity contribution in [2.45, 2.75) is 9.79 Å². The Kier molecular flexibility index (Phi) is 4.52. The van der Waals surface area contributed by atoms with Gasteiger partial charge in [0, 0.05) is 10.6 Å². The molecule has 0 fully saturated rings. The fourth-order valence-corrected chi connectivity index (χ4v) is 3.23. The molecule has 0 radical (unpaired) electrons. The summed E-state index contributed by atoms with van der Waals surface area (Å²) in [5.41, 5.74) is 0.892. The summed E-state index contributed by atoms with van der Waals surface area (Å²) in [5, 5.41) is -0.298. The van der Waals surface area contributed by atoms with Crippen LogP contribution in [0, 0.1) is 0 Å². The number of hydrogen-bond donors (Lipinski definition) is 0. The molecular weight excluding hydrogens is 331 g/mol. The van der Waals surface area contributed by atoms with Crippen molar-refractivity contribution in [2.24, 2.45) is 0 Å². The summed E-state index contributed by atoms with van der Waals surface area (Å²) in [5.74, 6) is 0. The van der Waals surface area contributed by atoms with Crippen LogP contribution in [0.1, 0.15) is 15.9 Å². The highest BCUT2D eigenvalue weighted by atomic mass is 35.5. The molecule has 0 amide bonds. The fraction of sp³-hybridized carbons (Fsp3) is 0. The van der Waals surface area contributed by atoms with Crippen molar-refractivity contribution in [3.63, 3.8) is 0 Å². The standard InChI is InChI=1S/C15H10Cl2O3S/c1-10(16)11-2-6-13(7-3-11)21(19,20)14-8-4-12(5-9-14)15(17)18/h2-9H,1H2. The average Bonchev–Trinajstić information content (AvgIpc) is 2.47. The minimum absolute atomic E-state index is 0.0848. The van der Waals surface area contributed by atoms with Crippen molar-refractivity contribution in [3.05, 3.63) is 66.2 Å². The topological polar surface area (TPSA) is 51.2 Å². The lowest BCUT2D eigenvalue weighted by Gasteiger charge is -2.06. The number of carbonyl (C=O) groups is 1. The summed E-state index contributed by atoms with van der Waals surface area (Å²) in [6, 6.07) is 11.5. The first-order chi connectivity index (χ1) is 9.82. The number of hydrogen-bond acceptors (Lipinski definition) is 3. The zero-order chi connectivity index (χ0) is 15.6. The van der Waals surface area contributed by atoms with E-state index in [2.05, 4.69) is 6.58 Å². The first kappa shape index (κ1) is 15.8. The minimum Gasteiger partial charge on any atom is -0.276 e. The third kappa shape index (κ3) is 3.35. The van der Waals surface area contributed by atoms with Crippen LogP contribution in [0.15, 0.2) is 64.9 Å². The van der Waals surface area contributed by atoms with E-state index in [0.717, 1.165) is 0 Å². The van der Waals surface area contributed by atoms with E-state index >= 15 is 0 Å². The Bertz CT molecular complexity index is 728. The number of sulfone groups is 1. The highest BCUT2D eigenvalue weighted by Crippen LogP contribution is 2.24. The summed E-state index contributed by atoms with van der Waals surface area (Å²) in [6.45, 7) is 3.57. The predicted octanol–water partition coefficient (Wildman–Crippen LogP) is 4.11. The van der Waals surface area contributed by atoms with Gasteiger partial charge in [0.25, 0.3) is 5.24 Å². The van der Waals surface area contributed by atoms with Gasteiger partial charge in [-0.1, -0.05) is 30.3 Å². The van der Waals surface area contributed by atoms with Crippen molar-refractivity contribution in [2.75, 3.05) is 0 Å². The lowest BCUT2D eigenvalue weighted by molar-refractivity contribution is 0.108. The lowest BCUT2D eigenvalue weighted by atomic mass is 10.2. The zero-order valence-electron chi connectivity index (χ0n) is 10.7. The van der Waals surface area contributed by atoms with Crippen LogP contribution in [0.25, 0.3) is 5.03 Å². The monoisotopic (exact) mass is 340 g/mol. The van der Waals surface area contributed by atoms with Crippen LogP contribution in [-0.2, 0) is 9.84 Å². The number of rotatable bonds is 4. The molecule has 108 valence electrons. The van der Waals surface area contributed by atoms with Gasteiger partial charge in [0.15, 0.2) is 0 Å². The molecule has 3 nitrogen and oxygen atoms in total. The van der Waals surface area contributed by atoms with Gasteiger partial charge >= 0.3 is 0 Å². The van der Waals surface area contributed by atoms with Gasteiger partial charge in [-0.3, -0.25) is 4.79 Å². The smallest absolute Gasteiger partial charge is 0.252 e. The predicted molar refractivity (Wildman–Crippen MR) is 83.4 cm³/mol. The SMILES string of the molecule is C=C(Cl)c1ccc(S(=O)(=O)c2ccc(C(=O)Cl)cc2)cc1. The van der Waals surface area contributed by atoms with Crippen LogP contribution < -0.4 is 0 Å². The molecular formula is C15H10Cl2O3S. The summed E-state index contributed by atoms with van der Waals surface area (Å²) < 4.78 is 24.8. The highest BCUT2D eigenvalue weighted by Gasteiger charge is 2.18. The molecule has 0 bridgehead atoms. The molecule has 0 saturated carbocycles. The summed E-state index contributed by atoms with van der Waals surface area (Å²) in [6.07, 6.45) is 0. The maximum absolute atomic E-state index is 12.4. The maximum atomic E-state index is 12.4. The summed E-state index contributed by atoms with van der Waals surface area (Å²) >= 11 is 11.1. The van der Waals surface area contributed by atoms with Crippen LogP contribution in [0.5, 0.6) is 0 Å². The van der Waals surface area contributed by atoms with Crippen LogP contribution in [0.4, 0.5) is 0 Å². The third-order valence-corrected chi connectivity index (χ3v) is 5.09. The zero-order valence-corrected chi connectivity index (χ0v) is 13.0. The molecule has 2 aromatic carbocycles. The molecule has 0 aliphatic rings. The maximum Gasteiger partial charge on any atom is 0.252 e. The van der Waals surface area contributed by atoms with Gasteiger partial charge in [0.05, 0.1) is 9.79 Å². The highest BCUT2D eigenvalue weighted by molar-refractivity contribution is 7.91. The van der Waals surface area contributed by atoms with Crippen LogP contribution >= 0.6 is 23.2 Å². The fourth-order valence-electron chi connectivity index (χ4n) is 1.72. The number of carbonyl (C=O) groups excluding carboxylic acids is 1. The Morgan fingerprint density at radius 2 is 1.19 bits per heavy atom. The molecule has 2 aromatic rings. The van der Waals surface area contributed by atoms with Gasteiger partial charge < -0.3 is 0 Å². The van der Waals surface area contributed by atoms with Crippen LogP contribution in [0.2, 0.25) is 0 Å². The van der Waals surface area contributed by atoms with Crippen molar-refractivity contribution >= 4 is 43.3 Å². The molecule has 21 heavy (non-hydrogen) atoms. The molecule has 0 N–H and O–H groups in total. The lowest BCUT2D eigenvalue weighted by Crippen LogP contribution is -2.02. The molecule has 6 heteroatoms. The first-order valence-corrected chi connectivity index (χ1v) is 8.06. The van der Waals surface area contributed by atoms with Gasteiger partial charge in [-0.15, -0.1) is 0 Å². The summed E-state index contributed by atoms with van der Waals surface area (Å²) in [7, 11) is -3.65. The van der Waals surface area contributed by atoms with E-state index in [9.17, 15) is 13.2 Å². The normalized spacial score (nSPS) is 11.1. The Labute approximate surface area is 132 Å². The molecule has 0 spiro atoms. The average molecular weight is 341 g/mol.